The quantitative estimate of drug-likeness (QED) is 0.879. The Morgan fingerprint density at radius 1 is 1.38 bits per heavy atom. The van der Waals surface area contributed by atoms with Gasteiger partial charge in [-0.2, -0.15) is 0 Å². The van der Waals surface area contributed by atoms with E-state index in [4.69, 9.17) is 21.1 Å². The number of nitrogens with one attached hydrogen (secondary N) is 1. The van der Waals surface area contributed by atoms with E-state index in [9.17, 15) is 13.2 Å². The van der Waals surface area contributed by atoms with E-state index in [1.165, 1.54) is 12.3 Å². The molecule has 0 amide bonds. The first kappa shape index (κ1) is 15.6. The van der Waals surface area contributed by atoms with Gasteiger partial charge in [0.05, 0.1) is 27.8 Å². The average molecular weight is 330 g/mol. The number of sulfonamides is 1. The van der Waals surface area contributed by atoms with E-state index in [1.807, 2.05) is 0 Å². The van der Waals surface area contributed by atoms with Crippen LogP contribution in [-0.2, 0) is 10.0 Å². The van der Waals surface area contributed by atoms with Crippen LogP contribution in [0.4, 0.5) is 0 Å². The van der Waals surface area contributed by atoms with Gasteiger partial charge in [-0.1, -0.05) is 11.6 Å². The highest BCUT2D eigenvalue weighted by atomic mass is 35.5. The minimum absolute atomic E-state index is 0.115. The molecule has 8 heteroatoms. The van der Waals surface area contributed by atoms with Crippen molar-refractivity contribution in [1.29, 1.82) is 0 Å². The molecule has 2 rings (SSSR count). The molecule has 0 radical (unpaired) electrons. The van der Waals surface area contributed by atoms with Crippen molar-refractivity contribution in [3.63, 3.8) is 0 Å². The predicted octanol–water partition coefficient (Wildman–Crippen LogP) is 2.67. The molecule has 1 aromatic heterocycles. The standard InChI is InChI=1S/C13H12ClNO5S/c1-8(12-3-2-6-20-12)15-21(18,19)9-4-5-10(13(16)17)11(14)7-9/h2-8,15H,1H3,(H,16,17)/t8-/m1/s1. The summed E-state index contributed by atoms with van der Waals surface area (Å²) in [6.45, 7) is 1.63. The summed E-state index contributed by atoms with van der Waals surface area (Å²) in [6, 6.07) is 6.17. The van der Waals surface area contributed by atoms with Gasteiger partial charge >= 0.3 is 5.97 Å². The van der Waals surface area contributed by atoms with Crippen LogP contribution >= 0.6 is 11.6 Å². The third-order valence-electron chi connectivity index (χ3n) is 2.78. The summed E-state index contributed by atoms with van der Waals surface area (Å²) >= 11 is 5.77. The summed E-state index contributed by atoms with van der Waals surface area (Å²) in [5.41, 5.74) is -0.158. The third-order valence-corrected chi connectivity index (χ3v) is 4.63. The molecule has 0 fully saturated rings. The molecular formula is C13H12ClNO5S. The van der Waals surface area contributed by atoms with Crippen molar-refractivity contribution in [1.82, 2.24) is 4.72 Å². The van der Waals surface area contributed by atoms with E-state index in [2.05, 4.69) is 4.72 Å². The maximum Gasteiger partial charge on any atom is 0.337 e. The van der Waals surface area contributed by atoms with Crippen LogP contribution in [0.3, 0.4) is 0 Å². The molecule has 0 aliphatic carbocycles. The van der Waals surface area contributed by atoms with Gasteiger partial charge in [0.15, 0.2) is 0 Å². The zero-order valence-corrected chi connectivity index (χ0v) is 12.5. The topological polar surface area (TPSA) is 96.6 Å². The summed E-state index contributed by atoms with van der Waals surface area (Å²) in [7, 11) is -3.84. The number of rotatable bonds is 5. The van der Waals surface area contributed by atoms with Crippen LogP contribution in [-0.4, -0.2) is 19.5 Å². The second-order valence-electron chi connectivity index (χ2n) is 4.31. The minimum Gasteiger partial charge on any atom is -0.478 e. The Kier molecular flexibility index (Phi) is 4.36. The molecule has 0 aliphatic heterocycles. The number of carboxylic acid groups (broad SMARTS) is 1. The van der Waals surface area contributed by atoms with E-state index in [0.717, 1.165) is 12.1 Å². The van der Waals surface area contributed by atoms with Gasteiger partial charge in [0.2, 0.25) is 10.0 Å². The first-order chi connectivity index (χ1) is 9.81. The maximum absolute atomic E-state index is 12.2. The Bertz CT molecular complexity index is 755. The van der Waals surface area contributed by atoms with Gasteiger partial charge in [-0.3, -0.25) is 0 Å². The van der Waals surface area contributed by atoms with E-state index in [0.29, 0.717) is 5.76 Å². The van der Waals surface area contributed by atoms with Gasteiger partial charge in [-0.25, -0.2) is 17.9 Å². The molecule has 0 aliphatic rings. The van der Waals surface area contributed by atoms with Crippen molar-refractivity contribution in [2.45, 2.75) is 17.9 Å². The fraction of sp³-hybridized carbons (Fsp3) is 0.154. The van der Waals surface area contributed by atoms with Crippen molar-refractivity contribution in [2.24, 2.45) is 0 Å². The van der Waals surface area contributed by atoms with Crippen molar-refractivity contribution in [2.75, 3.05) is 0 Å². The van der Waals surface area contributed by atoms with E-state index < -0.39 is 22.0 Å². The number of hydrogen-bond acceptors (Lipinski definition) is 4. The number of halogens is 1. The third kappa shape index (κ3) is 3.44. The lowest BCUT2D eigenvalue weighted by Gasteiger charge is -2.12. The molecule has 2 aromatic rings. The zero-order valence-electron chi connectivity index (χ0n) is 10.9. The van der Waals surface area contributed by atoms with Gasteiger partial charge in [-0.15, -0.1) is 0 Å². The predicted molar refractivity (Wildman–Crippen MR) is 75.9 cm³/mol. The Morgan fingerprint density at radius 3 is 2.62 bits per heavy atom. The van der Waals surface area contributed by atoms with Gasteiger partial charge in [0.25, 0.3) is 0 Å². The second-order valence-corrected chi connectivity index (χ2v) is 6.43. The van der Waals surface area contributed by atoms with Crippen molar-refractivity contribution in [3.05, 3.63) is 52.9 Å². The van der Waals surface area contributed by atoms with Crippen LogP contribution in [0, 0.1) is 0 Å². The van der Waals surface area contributed by atoms with Crippen LogP contribution in [0.5, 0.6) is 0 Å². The fourth-order valence-corrected chi connectivity index (χ4v) is 3.30. The Labute approximate surface area is 126 Å². The fourth-order valence-electron chi connectivity index (χ4n) is 1.73. The molecule has 1 atom stereocenters. The zero-order chi connectivity index (χ0) is 15.6. The highest BCUT2D eigenvalue weighted by Crippen LogP contribution is 2.22. The summed E-state index contributed by atoms with van der Waals surface area (Å²) in [6.07, 6.45) is 1.44. The molecule has 21 heavy (non-hydrogen) atoms. The molecule has 0 saturated heterocycles. The molecule has 6 nitrogen and oxygen atoms in total. The minimum atomic E-state index is -3.84. The maximum atomic E-state index is 12.2. The van der Waals surface area contributed by atoms with Gasteiger partial charge in [0, 0.05) is 0 Å². The lowest BCUT2D eigenvalue weighted by molar-refractivity contribution is 0.0697. The molecular weight excluding hydrogens is 318 g/mol. The van der Waals surface area contributed by atoms with E-state index in [-0.39, 0.29) is 15.5 Å². The highest BCUT2D eigenvalue weighted by Gasteiger charge is 2.21. The lowest BCUT2D eigenvalue weighted by Crippen LogP contribution is -2.26. The number of aromatic carboxylic acids is 1. The number of carbonyl (C=O) groups is 1. The van der Waals surface area contributed by atoms with Gasteiger partial charge in [-0.05, 0) is 37.3 Å². The SMILES string of the molecule is C[C@@H](NS(=O)(=O)c1ccc(C(=O)O)c(Cl)c1)c1ccco1. The summed E-state index contributed by atoms with van der Waals surface area (Å²) in [5, 5.41) is 8.73. The Hall–Kier alpha value is -1.83. The van der Waals surface area contributed by atoms with Crippen LogP contribution in [0.2, 0.25) is 5.02 Å². The second kappa shape index (κ2) is 5.88. The molecule has 0 bridgehead atoms. The van der Waals surface area contributed by atoms with Crippen molar-refractivity contribution >= 4 is 27.6 Å². The average Bonchev–Trinajstić information content (AvgIpc) is 2.91. The Morgan fingerprint density at radius 2 is 2.10 bits per heavy atom. The molecule has 1 aromatic carbocycles. The van der Waals surface area contributed by atoms with Crippen LogP contribution in [0.25, 0.3) is 0 Å². The Balaban J connectivity index is 2.28. The van der Waals surface area contributed by atoms with E-state index in [1.54, 1.807) is 19.1 Å². The summed E-state index contributed by atoms with van der Waals surface area (Å²) in [5.74, 6) is -0.757. The highest BCUT2D eigenvalue weighted by molar-refractivity contribution is 7.89. The largest absolute Gasteiger partial charge is 0.478 e. The molecule has 2 N–H and O–H groups in total. The summed E-state index contributed by atoms with van der Waals surface area (Å²) in [4.78, 5) is 10.7. The lowest BCUT2D eigenvalue weighted by atomic mass is 10.2. The van der Waals surface area contributed by atoms with Crippen molar-refractivity contribution < 1.29 is 22.7 Å². The van der Waals surface area contributed by atoms with Gasteiger partial charge < -0.3 is 9.52 Å². The molecule has 1 heterocycles. The molecule has 0 unspecified atom stereocenters. The molecule has 0 spiro atoms. The van der Waals surface area contributed by atoms with Crippen LogP contribution < -0.4 is 4.72 Å². The van der Waals surface area contributed by atoms with E-state index >= 15 is 0 Å². The number of carboxylic acids is 1. The molecule has 0 saturated carbocycles. The van der Waals surface area contributed by atoms with Crippen LogP contribution in [0.1, 0.15) is 29.1 Å². The monoisotopic (exact) mass is 329 g/mol. The first-order valence-corrected chi connectivity index (χ1v) is 7.76. The normalized spacial score (nSPS) is 13.0. The van der Waals surface area contributed by atoms with Crippen molar-refractivity contribution in [3.8, 4) is 0 Å². The van der Waals surface area contributed by atoms with Crippen LogP contribution in [0.15, 0.2) is 45.9 Å². The number of benzene rings is 1. The number of hydrogen-bond donors (Lipinski definition) is 2. The number of furan rings is 1. The molecule has 112 valence electrons. The summed E-state index contributed by atoms with van der Waals surface area (Å²) < 4.78 is 32.0. The van der Waals surface area contributed by atoms with Gasteiger partial charge in [0.1, 0.15) is 5.76 Å². The smallest absolute Gasteiger partial charge is 0.337 e. The first-order valence-electron chi connectivity index (χ1n) is 5.90.